The molecular formula is C32H32N8O3S. The van der Waals surface area contributed by atoms with Crippen LogP contribution in [0.3, 0.4) is 0 Å². The molecular weight excluding hydrogens is 576 g/mol. The topological polar surface area (TPSA) is 127 Å². The molecule has 2 N–H and O–H groups in total. The number of amides is 3. The molecule has 4 heterocycles. The number of urea groups is 1. The summed E-state index contributed by atoms with van der Waals surface area (Å²) in [7, 11) is 0. The van der Waals surface area contributed by atoms with E-state index in [0.29, 0.717) is 29.6 Å². The van der Waals surface area contributed by atoms with E-state index in [0.717, 1.165) is 51.9 Å². The van der Waals surface area contributed by atoms with Gasteiger partial charge >= 0.3 is 12.0 Å². The fraction of sp³-hybridized carbons (Fsp3) is 0.250. The van der Waals surface area contributed by atoms with E-state index in [1.54, 1.807) is 15.8 Å². The highest BCUT2D eigenvalue weighted by atomic mass is 32.1. The minimum atomic E-state index is -0.441. The van der Waals surface area contributed by atoms with Crippen molar-refractivity contribution in [1.29, 1.82) is 0 Å². The summed E-state index contributed by atoms with van der Waals surface area (Å²) in [6, 6.07) is 17.0. The monoisotopic (exact) mass is 608 g/mol. The molecule has 0 saturated carbocycles. The summed E-state index contributed by atoms with van der Waals surface area (Å²) in [4.78, 5) is 40.6. The maximum absolute atomic E-state index is 12.9. The highest BCUT2D eigenvalue weighted by Crippen LogP contribution is 2.34. The lowest BCUT2D eigenvalue weighted by Gasteiger charge is -2.12. The van der Waals surface area contributed by atoms with E-state index in [9.17, 15) is 9.59 Å². The van der Waals surface area contributed by atoms with Crippen molar-refractivity contribution in [2.45, 2.75) is 40.0 Å². The van der Waals surface area contributed by atoms with E-state index in [1.807, 2.05) is 61.5 Å². The molecule has 1 fully saturated rings. The SMILES string of the molecule is Cc1ccccc1-n1nc(CC(C)C)cc1NC(=O)Nc1cnc(Oc2ccc(-c3cnc(N4CCCC4=O)s3)cc2)nc1. The van der Waals surface area contributed by atoms with E-state index >= 15 is 0 Å². The van der Waals surface area contributed by atoms with E-state index < -0.39 is 6.03 Å². The third-order valence-corrected chi connectivity index (χ3v) is 8.06. The first kappa shape index (κ1) is 29.0. The van der Waals surface area contributed by atoms with Crippen LogP contribution in [0.15, 0.2) is 73.2 Å². The lowest BCUT2D eigenvalue weighted by molar-refractivity contribution is -0.117. The molecule has 0 aliphatic carbocycles. The zero-order valence-electron chi connectivity index (χ0n) is 24.7. The average molecular weight is 609 g/mol. The van der Waals surface area contributed by atoms with E-state index in [1.165, 1.54) is 23.7 Å². The van der Waals surface area contributed by atoms with Crippen molar-refractivity contribution < 1.29 is 14.3 Å². The van der Waals surface area contributed by atoms with Crippen molar-refractivity contribution in [2.75, 3.05) is 22.1 Å². The lowest BCUT2D eigenvalue weighted by Crippen LogP contribution is -2.23. The molecule has 224 valence electrons. The van der Waals surface area contributed by atoms with E-state index in [-0.39, 0.29) is 11.9 Å². The number of aryl methyl sites for hydroxylation is 1. The number of nitrogens with one attached hydrogen (secondary N) is 2. The quantitative estimate of drug-likeness (QED) is 0.187. The number of ether oxygens (including phenoxy) is 1. The van der Waals surface area contributed by atoms with Gasteiger partial charge in [0.2, 0.25) is 5.91 Å². The number of benzene rings is 2. The van der Waals surface area contributed by atoms with Gasteiger partial charge in [0.1, 0.15) is 11.6 Å². The number of anilines is 3. The Hall–Kier alpha value is -5.10. The number of aromatic nitrogens is 5. The second-order valence-electron chi connectivity index (χ2n) is 10.9. The van der Waals surface area contributed by atoms with Crippen molar-refractivity contribution in [2.24, 2.45) is 5.92 Å². The molecule has 44 heavy (non-hydrogen) atoms. The molecule has 5 aromatic rings. The number of para-hydroxylation sites is 1. The highest BCUT2D eigenvalue weighted by Gasteiger charge is 2.24. The van der Waals surface area contributed by atoms with Crippen LogP contribution >= 0.6 is 11.3 Å². The Kier molecular flexibility index (Phi) is 8.33. The molecule has 1 aliphatic rings. The average Bonchev–Trinajstić information content (AvgIpc) is 3.75. The molecule has 11 nitrogen and oxygen atoms in total. The Bertz CT molecular complexity index is 1780. The van der Waals surface area contributed by atoms with Crippen LogP contribution in [0.1, 0.15) is 37.9 Å². The molecule has 0 atom stereocenters. The summed E-state index contributed by atoms with van der Waals surface area (Å²) in [5, 5.41) is 11.2. The van der Waals surface area contributed by atoms with Crippen LogP contribution in [-0.2, 0) is 11.2 Å². The maximum atomic E-state index is 12.9. The standard InChI is InChI=1S/C32H32N8O3S/c1-20(2)15-23-16-28(40(38-23)26-8-5-4-7-21(26)3)37-30(42)36-24-17-33-31(34-18-24)43-25-12-10-22(11-13-25)27-19-35-32(44-27)39-14-6-9-29(39)41/h4-5,7-8,10-13,16-20H,6,9,14-15H2,1-3H3,(H2,36,37,42). The van der Waals surface area contributed by atoms with Crippen LogP contribution in [0.4, 0.5) is 21.4 Å². The Balaban J connectivity index is 1.08. The van der Waals surface area contributed by atoms with Gasteiger partial charge in [-0.15, -0.1) is 0 Å². The number of nitrogens with zero attached hydrogens (tertiary/aromatic N) is 6. The van der Waals surface area contributed by atoms with Gasteiger partial charge in [0, 0.05) is 25.2 Å². The summed E-state index contributed by atoms with van der Waals surface area (Å²) in [6.07, 6.45) is 6.99. The smallest absolute Gasteiger partial charge is 0.324 e. The van der Waals surface area contributed by atoms with Gasteiger partial charge in [-0.1, -0.05) is 43.4 Å². The number of thiazole rings is 1. The minimum Gasteiger partial charge on any atom is -0.424 e. The Morgan fingerprint density at radius 1 is 1.02 bits per heavy atom. The Morgan fingerprint density at radius 2 is 1.80 bits per heavy atom. The van der Waals surface area contributed by atoms with Gasteiger partial charge in [0.15, 0.2) is 5.13 Å². The number of hydrogen-bond acceptors (Lipinski definition) is 8. The Labute approximate surface area is 259 Å². The van der Waals surface area contributed by atoms with Crippen molar-refractivity contribution in [3.63, 3.8) is 0 Å². The summed E-state index contributed by atoms with van der Waals surface area (Å²) >= 11 is 1.49. The van der Waals surface area contributed by atoms with Crippen LogP contribution in [-0.4, -0.2) is 43.2 Å². The predicted octanol–water partition coefficient (Wildman–Crippen LogP) is 6.86. The molecule has 0 bridgehead atoms. The zero-order valence-corrected chi connectivity index (χ0v) is 25.5. The number of rotatable bonds is 9. The molecule has 6 rings (SSSR count). The Morgan fingerprint density at radius 3 is 2.50 bits per heavy atom. The third kappa shape index (κ3) is 6.60. The number of carbonyl (C=O) groups is 2. The van der Waals surface area contributed by atoms with Gasteiger partial charge in [-0.3, -0.25) is 15.0 Å². The van der Waals surface area contributed by atoms with Gasteiger partial charge in [-0.25, -0.2) is 24.4 Å². The first-order valence-corrected chi connectivity index (χ1v) is 15.2. The van der Waals surface area contributed by atoms with Gasteiger partial charge in [0.05, 0.1) is 34.3 Å². The van der Waals surface area contributed by atoms with Crippen molar-refractivity contribution in [3.8, 4) is 27.9 Å². The number of hydrogen-bond donors (Lipinski definition) is 2. The molecule has 3 amide bonds. The van der Waals surface area contributed by atoms with Crippen molar-refractivity contribution in [3.05, 3.63) is 84.4 Å². The third-order valence-electron chi connectivity index (χ3n) is 6.99. The predicted molar refractivity (Wildman–Crippen MR) is 171 cm³/mol. The summed E-state index contributed by atoms with van der Waals surface area (Å²) in [6.45, 7) is 6.99. The molecule has 12 heteroatoms. The summed E-state index contributed by atoms with van der Waals surface area (Å²) < 4.78 is 7.57. The molecule has 1 saturated heterocycles. The van der Waals surface area contributed by atoms with Gasteiger partial charge in [0.25, 0.3) is 0 Å². The molecule has 1 aliphatic heterocycles. The van der Waals surface area contributed by atoms with E-state index in [4.69, 9.17) is 9.84 Å². The van der Waals surface area contributed by atoms with Crippen LogP contribution < -0.4 is 20.3 Å². The molecule has 0 radical (unpaired) electrons. The summed E-state index contributed by atoms with van der Waals surface area (Å²) in [5.41, 5.74) is 4.21. The largest absolute Gasteiger partial charge is 0.424 e. The fourth-order valence-corrected chi connectivity index (χ4v) is 5.86. The van der Waals surface area contributed by atoms with Crippen LogP contribution in [0.25, 0.3) is 16.1 Å². The molecule has 0 unspecified atom stereocenters. The zero-order chi connectivity index (χ0) is 30.6. The second kappa shape index (κ2) is 12.6. The van der Waals surface area contributed by atoms with Crippen LogP contribution in [0.2, 0.25) is 0 Å². The van der Waals surface area contributed by atoms with Crippen LogP contribution in [0.5, 0.6) is 11.8 Å². The molecule has 0 spiro atoms. The molecule has 2 aromatic carbocycles. The second-order valence-corrected chi connectivity index (χ2v) is 11.9. The molecule has 3 aromatic heterocycles. The van der Waals surface area contributed by atoms with Crippen molar-refractivity contribution in [1.82, 2.24) is 24.7 Å². The van der Waals surface area contributed by atoms with Gasteiger partial charge < -0.3 is 10.1 Å². The van der Waals surface area contributed by atoms with Crippen LogP contribution in [0, 0.1) is 12.8 Å². The maximum Gasteiger partial charge on any atom is 0.324 e. The minimum absolute atomic E-state index is 0.123. The first-order valence-electron chi connectivity index (χ1n) is 14.4. The lowest BCUT2D eigenvalue weighted by atomic mass is 10.1. The van der Waals surface area contributed by atoms with Crippen molar-refractivity contribution >= 4 is 39.9 Å². The van der Waals surface area contributed by atoms with Gasteiger partial charge in [-0.05, 0) is 67.1 Å². The highest BCUT2D eigenvalue weighted by molar-refractivity contribution is 7.19. The summed E-state index contributed by atoms with van der Waals surface area (Å²) in [5.74, 6) is 1.67. The first-order chi connectivity index (χ1) is 21.3. The fourth-order valence-electron chi connectivity index (χ4n) is 4.90. The number of carbonyl (C=O) groups excluding carboxylic acids is 2. The van der Waals surface area contributed by atoms with Gasteiger partial charge in [-0.2, -0.15) is 5.10 Å². The van der Waals surface area contributed by atoms with E-state index in [2.05, 4.69) is 39.4 Å². The normalized spacial score (nSPS) is 13.0.